The molecule has 0 saturated carbocycles. The second-order valence-electron chi connectivity index (χ2n) is 4.84. The monoisotopic (exact) mass is 308 g/mol. The van der Waals surface area contributed by atoms with Crippen LogP contribution >= 0.6 is 0 Å². The lowest BCUT2D eigenvalue weighted by molar-refractivity contribution is -0.119. The number of carbonyl (C=O) groups excluding carboxylic acids is 1. The molecule has 0 unspecified atom stereocenters. The van der Waals surface area contributed by atoms with Crippen molar-refractivity contribution in [2.45, 2.75) is 13.5 Å². The Bertz CT molecular complexity index is 689. The van der Waals surface area contributed by atoms with Gasteiger partial charge in [0.05, 0.1) is 12.2 Å². The van der Waals surface area contributed by atoms with Crippen LogP contribution in [0.3, 0.4) is 0 Å². The van der Waals surface area contributed by atoms with Gasteiger partial charge in [0.1, 0.15) is 0 Å². The Morgan fingerprint density at radius 2 is 1.86 bits per heavy atom. The second-order valence-corrected chi connectivity index (χ2v) is 4.84. The van der Waals surface area contributed by atoms with E-state index in [-0.39, 0.29) is 18.1 Å². The van der Waals surface area contributed by atoms with Crippen molar-refractivity contribution in [1.82, 2.24) is 5.32 Å². The maximum Gasteiger partial charge on any atom is 0.239 e. The van der Waals surface area contributed by atoms with Crippen LogP contribution in [0, 0.1) is 24.4 Å². The van der Waals surface area contributed by atoms with Gasteiger partial charge < -0.3 is 10.6 Å². The molecule has 0 atom stereocenters. The van der Waals surface area contributed by atoms with Gasteiger partial charge in [0, 0.05) is 6.54 Å². The molecule has 2 aromatic carbocycles. The molecule has 22 heavy (non-hydrogen) atoms. The maximum absolute atomic E-state index is 13.4. The highest BCUT2D eigenvalue weighted by molar-refractivity contribution is 5.80. The van der Waals surface area contributed by atoms with Crippen molar-refractivity contribution < 1.29 is 18.0 Å². The van der Waals surface area contributed by atoms with E-state index in [2.05, 4.69) is 10.6 Å². The SMILES string of the molecule is Cc1cccc(CNC(=O)CNc2ccc(F)c(F)c2F)c1. The van der Waals surface area contributed by atoms with Crippen molar-refractivity contribution in [3.63, 3.8) is 0 Å². The predicted molar refractivity (Wildman–Crippen MR) is 77.8 cm³/mol. The fourth-order valence-corrected chi connectivity index (χ4v) is 1.92. The molecule has 0 aliphatic heterocycles. The summed E-state index contributed by atoms with van der Waals surface area (Å²) in [4.78, 5) is 11.7. The van der Waals surface area contributed by atoms with E-state index in [4.69, 9.17) is 0 Å². The Kier molecular flexibility index (Phi) is 5.04. The molecule has 1 amide bonds. The van der Waals surface area contributed by atoms with Crippen molar-refractivity contribution in [1.29, 1.82) is 0 Å². The van der Waals surface area contributed by atoms with Crippen LogP contribution < -0.4 is 10.6 Å². The lowest BCUT2D eigenvalue weighted by atomic mass is 10.1. The van der Waals surface area contributed by atoms with E-state index in [1.165, 1.54) is 0 Å². The molecule has 6 heteroatoms. The molecular formula is C16H15F3N2O. The largest absolute Gasteiger partial charge is 0.374 e. The molecule has 0 heterocycles. The summed E-state index contributed by atoms with van der Waals surface area (Å²) in [5.74, 6) is -4.56. The number of hydrogen-bond donors (Lipinski definition) is 2. The van der Waals surface area contributed by atoms with Crippen LogP contribution in [0.25, 0.3) is 0 Å². The van der Waals surface area contributed by atoms with E-state index in [1.54, 1.807) is 0 Å². The zero-order valence-corrected chi connectivity index (χ0v) is 11.9. The minimum atomic E-state index is -1.56. The summed E-state index contributed by atoms with van der Waals surface area (Å²) in [6.45, 7) is 2.04. The van der Waals surface area contributed by atoms with Crippen molar-refractivity contribution in [3.05, 3.63) is 65.0 Å². The molecule has 0 radical (unpaired) electrons. The molecular weight excluding hydrogens is 293 g/mol. The van der Waals surface area contributed by atoms with Crippen LogP contribution in [-0.2, 0) is 11.3 Å². The van der Waals surface area contributed by atoms with E-state index in [1.807, 2.05) is 31.2 Å². The highest BCUT2D eigenvalue weighted by Gasteiger charge is 2.13. The highest BCUT2D eigenvalue weighted by atomic mass is 19.2. The lowest BCUT2D eigenvalue weighted by Gasteiger charge is -2.09. The average molecular weight is 308 g/mol. The van der Waals surface area contributed by atoms with Gasteiger partial charge in [-0.25, -0.2) is 13.2 Å². The first-order valence-corrected chi connectivity index (χ1v) is 6.67. The molecule has 0 aliphatic carbocycles. The van der Waals surface area contributed by atoms with Crippen LogP contribution in [0.2, 0.25) is 0 Å². The Morgan fingerprint density at radius 1 is 1.09 bits per heavy atom. The van der Waals surface area contributed by atoms with Crippen molar-refractivity contribution in [3.8, 4) is 0 Å². The van der Waals surface area contributed by atoms with Gasteiger partial charge >= 0.3 is 0 Å². The maximum atomic E-state index is 13.4. The molecule has 0 aromatic heterocycles. The van der Waals surface area contributed by atoms with Crippen molar-refractivity contribution >= 4 is 11.6 Å². The molecule has 0 fully saturated rings. The number of rotatable bonds is 5. The van der Waals surface area contributed by atoms with E-state index >= 15 is 0 Å². The van der Waals surface area contributed by atoms with Gasteiger partial charge in [-0.1, -0.05) is 29.8 Å². The smallest absolute Gasteiger partial charge is 0.239 e. The summed E-state index contributed by atoms with van der Waals surface area (Å²) in [6, 6.07) is 9.47. The van der Waals surface area contributed by atoms with Crippen molar-refractivity contribution in [2.24, 2.45) is 0 Å². The first kappa shape index (κ1) is 15.9. The number of amides is 1. The number of benzene rings is 2. The highest BCUT2D eigenvalue weighted by Crippen LogP contribution is 2.19. The summed E-state index contributed by atoms with van der Waals surface area (Å²) in [6.07, 6.45) is 0. The predicted octanol–water partition coefficient (Wildman–Crippen LogP) is 3.14. The number of nitrogens with one attached hydrogen (secondary N) is 2. The number of halogens is 3. The molecule has 0 spiro atoms. The second kappa shape index (κ2) is 6.98. The summed E-state index contributed by atoms with van der Waals surface area (Å²) in [5, 5.41) is 5.08. The van der Waals surface area contributed by atoms with Crippen LogP contribution in [-0.4, -0.2) is 12.5 Å². The van der Waals surface area contributed by atoms with Gasteiger partial charge in [0.25, 0.3) is 0 Å². The first-order chi connectivity index (χ1) is 10.5. The van der Waals surface area contributed by atoms with Crippen LogP contribution in [0.5, 0.6) is 0 Å². The third-order valence-corrected chi connectivity index (χ3v) is 3.05. The number of anilines is 1. The zero-order chi connectivity index (χ0) is 16.1. The van der Waals surface area contributed by atoms with Crippen LogP contribution in [0.4, 0.5) is 18.9 Å². The molecule has 0 aliphatic rings. The summed E-state index contributed by atoms with van der Waals surface area (Å²) in [5.41, 5.74) is 1.76. The van der Waals surface area contributed by atoms with Crippen LogP contribution in [0.1, 0.15) is 11.1 Å². The lowest BCUT2D eigenvalue weighted by Crippen LogP contribution is -2.29. The minimum absolute atomic E-state index is 0.242. The van der Waals surface area contributed by atoms with Gasteiger partial charge in [-0.2, -0.15) is 0 Å². The molecule has 2 rings (SSSR count). The quantitative estimate of drug-likeness (QED) is 0.833. The van der Waals surface area contributed by atoms with E-state index in [9.17, 15) is 18.0 Å². The first-order valence-electron chi connectivity index (χ1n) is 6.67. The normalized spacial score (nSPS) is 10.4. The fourth-order valence-electron chi connectivity index (χ4n) is 1.92. The van der Waals surface area contributed by atoms with Gasteiger partial charge in [-0.3, -0.25) is 4.79 Å². The Morgan fingerprint density at radius 3 is 2.59 bits per heavy atom. The third kappa shape index (κ3) is 4.00. The van der Waals surface area contributed by atoms with Gasteiger partial charge in [0.2, 0.25) is 5.91 Å². The molecule has 2 N–H and O–H groups in total. The van der Waals surface area contributed by atoms with Crippen LogP contribution in [0.15, 0.2) is 36.4 Å². The fraction of sp³-hybridized carbons (Fsp3) is 0.188. The number of hydrogen-bond acceptors (Lipinski definition) is 2. The minimum Gasteiger partial charge on any atom is -0.374 e. The molecule has 0 bridgehead atoms. The summed E-state index contributed by atoms with van der Waals surface area (Å²) >= 11 is 0. The van der Waals surface area contributed by atoms with Gasteiger partial charge in [0.15, 0.2) is 17.5 Å². The third-order valence-electron chi connectivity index (χ3n) is 3.05. The Balaban J connectivity index is 1.87. The van der Waals surface area contributed by atoms with Crippen molar-refractivity contribution in [2.75, 3.05) is 11.9 Å². The average Bonchev–Trinajstić information content (AvgIpc) is 2.50. The van der Waals surface area contributed by atoms with Gasteiger partial charge in [-0.05, 0) is 24.6 Å². The molecule has 116 valence electrons. The standard InChI is InChI=1S/C16H15F3N2O/c1-10-3-2-4-11(7-10)8-21-14(22)9-20-13-6-5-12(17)15(18)16(13)19/h2-7,20H,8-9H2,1H3,(H,21,22). The Labute approximate surface area is 126 Å². The number of aryl methyl sites for hydroxylation is 1. The van der Waals surface area contributed by atoms with E-state index < -0.39 is 17.5 Å². The molecule has 2 aromatic rings. The van der Waals surface area contributed by atoms with E-state index in [0.717, 1.165) is 23.3 Å². The molecule has 0 saturated heterocycles. The summed E-state index contributed by atoms with van der Waals surface area (Å²) < 4.78 is 39.2. The van der Waals surface area contributed by atoms with E-state index in [0.29, 0.717) is 6.54 Å². The number of carbonyl (C=O) groups is 1. The molecule has 3 nitrogen and oxygen atoms in total. The van der Waals surface area contributed by atoms with Gasteiger partial charge in [-0.15, -0.1) is 0 Å². The zero-order valence-electron chi connectivity index (χ0n) is 11.9. The summed E-state index contributed by atoms with van der Waals surface area (Å²) in [7, 11) is 0. The Hall–Kier alpha value is -2.50. The topological polar surface area (TPSA) is 41.1 Å².